The third kappa shape index (κ3) is 8.92. The summed E-state index contributed by atoms with van der Waals surface area (Å²) in [6.45, 7) is 11.3. The fourth-order valence-electron chi connectivity index (χ4n) is 4.78. The molecule has 2 amide bonds. The molecule has 3 rings (SSSR count). The second kappa shape index (κ2) is 13.3. The zero-order chi connectivity index (χ0) is 30.4. The number of para-hydroxylation sites is 1. The van der Waals surface area contributed by atoms with Crippen LogP contribution in [0.3, 0.4) is 0 Å². The lowest BCUT2D eigenvalue weighted by atomic mass is 9.99. The number of carbonyl (C=O) groups excluding carboxylic acids is 2. The van der Waals surface area contributed by atoms with E-state index in [4.69, 9.17) is 0 Å². The highest BCUT2D eigenvalue weighted by molar-refractivity contribution is 7.92. The monoisotopic (exact) mass is 577 g/mol. The molecular weight excluding hydrogens is 534 g/mol. The van der Waals surface area contributed by atoms with Crippen LogP contribution < -0.4 is 9.62 Å². The van der Waals surface area contributed by atoms with Crippen LogP contribution in [0.1, 0.15) is 62.8 Å². The molecule has 0 fully saturated rings. The minimum atomic E-state index is -3.83. The lowest BCUT2D eigenvalue weighted by Crippen LogP contribution is -2.56. The fraction of sp³-hybridized carbons (Fsp3) is 0.394. The van der Waals surface area contributed by atoms with E-state index in [0.29, 0.717) is 5.69 Å². The minimum Gasteiger partial charge on any atom is -0.350 e. The Balaban J connectivity index is 2.12. The van der Waals surface area contributed by atoms with E-state index >= 15 is 0 Å². The van der Waals surface area contributed by atoms with E-state index in [2.05, 4.69) is 5.32 Å². The van der Waals surface area contributed by atoms with Crippen LogP contribution in [0.5, 0.6) is 0 Å². The van der Waals surface area contributed by atoms with E-state index in [0.717, 1.165) is 32.8 Å². The molecule has 0 aliphatic carbocycles. The Labute approximate surface area is 245 Å². The lowest BCUT2D eigenvalue weighted by Gasteiger charge is -2.35. The second-order valence-corrected chi connectivity index (χ2v) is 13.8. The Morgan fingerprint density at radius 2 is 1.46 bits per heavy atom. The van der Waals surface area contributed by atoms with E-state index in [-0.39, 0.29) is 24.8 Å². The first-order valence-electron chi connectivity index (χ1n) is 13.9. The smallest absolute Gasteiger partial charge is 0.244 e. The maximum atomic E-state index is 14.3. The van der Waals surface area contributed by atoms with Crippen LogP contribution in [-0.4, -0.2) is 49.5 Å². The summed E-state index contributed by atoms with van der Waals surface area (Å²) < 4.78 is 27.4. The zero-order valence-electron chi connectivity index (χ0n) is 25.2. The molecule has 0 aliphatic heterocycles. The molecule has 0 radical (unpaired) electrons. The predicted molar refractivity (Wildman–Crippen MR) is 166 cm³/mol. The number of sulfonamides is 1. The Kier molecular flexibility index (Phi) is 10.4. The molecule has 41 heavy (non-hydrogen) atoms. The van der Waals surface area contributed by atoms with Gasteiger partial charge < -0.3 is 10.2 Å². The van der Waals surface area contributed by atoms with E-state index in [1.165, 1.54) is 4.90 Å². The average Bonchev–Trinajstić information content (AvgIpc) is 2.89. The van der Waals surface area contributed by atoms with E-state index in [1.54, 1.807) is 12.1 Å². The average molecular weight is 578 g/mol. The largest absolute Gasteiger partial charge is 0.350 e. The van der Waals surface area contributed by atoms with Gasteiger partial charge in [-0.1, -0.05) is 86.6 Å². The normalized spacial score (nSPS) is 12.6. The van der Waals surface area contributed by atoms with Crippen molar-refractivity contribution >= 4 is 27.5 Å². The second-order valence-electron chi connectivity index (χ2n) is 11.9. The molecule has 0 saturated heterocycles. The van der Waals surface area contributed by atoms with Crippen LogP contribution in [0.2, 0.25) is 0 Å². The van der Waals surface area contributed by atoms with Crippen LogP contribution in [0.15, 0.2) is 78.9 Å². The van der Waals surface area contributed by atoms with Crippen molar-refractivity contribution in [3.63, 3.8) is 0 Å². The van der Waals surface area contributed by atoms with Crippen molar-refractivity contribution in [2.75, 3.05) is 17.1 Å². The van der Waals surface area contributed by atoms with Crippen LogP contribution in [0.4, 0.5) is 5.69 Å². The van der Waals surface area contributed by atoms with Crippen molar-refractivity contribution in [1.82, 2.24) is 10.2 Å². The van der Waals surface area contributed by atoms with Gasteiger partial charge in [-0.05, 0) is 61.9 Å². The van der Waals surface area contributed by atoms with Crippen molar-refractivity contribution in [2.24, 2.45) is 0 Å². The van der Waals surface area contributed by atoms with Crippen LogP contribution >= 0.6 is 0 Å². The van der Waals surface area contributed by atoms with Gasteiger partial charge >= 0.3 is 0 Å². The van der Waals surface area contributed by atoms with Crippen LogP contribution in [0.25, 0.3) is 0 Å². The standard InChI is InChI=1S/C33H43N3O4S/c1-24(2)28-19-13-14-20-29(28)36(41(7,39)40)23-31(37)35(22-27-18-12-11-15-25(27)3)30(32(38)34-33(4,5)6)21-26-16-9-8-10-17-26/h8-20,24,30H,21-23H2,1-7H3,(H,34,38)/t30-/m0/s1. The van der Waals surface area contributed by atoms with E-state index in [1.807, 2.05) is 108 Å². The molecule has 0 aliphatic rings. The molecule has 3 aromatic carbocycles. The van der Waals surface area contributed by atoms with Crippen molar-refractivity contribution in [3.8, 4) is 0 Å². The number of amides is 2. The quantitative estimate of drug-likeness (QED) is 0.329. The Hall–Kier alpha value is -3.65. The summed E-state index contributed by atoms with van der Waals surface area (Å²) in [7, 11) is -3.83. The number of rotatable bonds is 11. The summed E-state index contributed by atoms with van der Waals surface area (Å²) in [4.78, 5) is 29.7. The molecule has 0 unspecified atom stereocenters. The van der Waals surface area contributed by atoms with Crippen molar-refractivity contribution in [3.05, 3.63) is 101 Å². The van der Waals surface area contributed by atoms with Gasteiger partial charge in [0, 0.05) is 18.5 Å². The fourth-order valence-corrected chi connectivity index (χ4v) is 5.64. The minimum absolute atomic E-state index is 0.0389. The summed E-state index contributed by atoms with van der Waals surface area (Å²) >= 11 is 0. The summed E-state index contributed by atoms with van der Waals surface area (Å²) in [5, 5.41) is 3.05. The van der Waals surface area contributed by atoms with Crippen molar-refractivity contribution in [2.45, 2.75) is 72.0 Å². The van der Waals surface area contributed by atoms with Crippen LogP contribution in [0, 0.1) is 6.92 Å². The van der Waals surface area contributed by atoms with Crippen molar-refractivity contribution in [1.29, 1.82) is 0 Å². The number of hydrogen-bond acceptors (Lipinski definition) is 4. The maximum Gasteiger partial charge on any atom is 0.244 e. The summed E-state index contributed by atoms with van der Waals surface area (Å²) in [5.41, 5.74) is 3.52. The molecule has 3 aromatic rings. The van der Waals surface area contributed by atoms with E-state index < -0.39 is 34.1 Å². The molecule has 0 heterocycles. The van der Waals surface area contributed by atoms with Gasteiger partial charge in [0.05, 0.1) is 11.9 Å². The topological polar surface area (TPSA) is 86.8 Å². The molecule has 0 aromatic heterocycles. The molecule has 0 bridgehead atoms. The molecule has 0 saturated carbocycles. The van der Waals surface area contributed by atoms with Gasteiger partial charge in [0.15, 0.2) is 0 Å². The van der Waals surface area contributed by atoms with Gasteiger partial charge in [0.25, 0.3) is 0 Å². The molecule has 7 nitrogen and oxygen atoms in total. The van der Waals surface area contributed by atoms with Gasteiger partial charge in [-0.3, -0.25) is 13.9 Å². The zero-order valence-corrected chi connectivity index (χ0v) is 26.0. The maximum absolute atomic E-state index is 14.3. The first-order chi connectivity index (χ1) is 19.2. The first kappa shape index (κ1) is 31.9. The number of nitrogens with zero attached hydrogens (tertiary/aromatic N) is 2. The van der Waals surface area contributed by atoms with Gasteiger partial charge in [-0.2, -0.15) is 0 Å². The number of hydrogen-bond donors (Lipinski definition) is 1. The number of nitrogens with one attached hydrogen (secondary N) is 1. The predicted octanol–water partition coefficient (Wildman–Crippen LogP) is 5.44. The van der Waals surface area contributed by atoms with E-state index in [9.17, 15) is 18.0 Å². The summed E-state index contributed by atoms with van der Waals surface area (Å²) in [5.74, 6) is -0.712. The molecule has 0 spiro atoms. The van der Waals surface area contributed by atoms with Crippen molar-refractivity contribution < 1.29 is 18.0 Å². The molecular formula is C33H43N3O4S. The molecule has 8 heteroatoms. The summed E-state index contributed by atoms with van der Waals surface area (Å²) in [6, 6.07) is 23.6. The molecule has 220 valence electrons. The van der Waals surface area contributed by atoms with Gasteiger partial charge in [-0.15, -0.1) is 0 Å². The lowest BCUT2D eigenvalue weighted by molar-refractivity contribution is -0.140. The summed E-state index contributed by atoms with van der Waals surface area (Å²) in [6.07, 6.45) is 1.39. The van der Waals surface area contributed by atoms with Gasteiger partial charge in [-0.25, -0.2) is 8.42 Å². The van der Waals surface area contributed by atoms with Gasteiger partial charge in [0.1, 0.15) is 12.6 Å². The highest BCUT2D eigenvalue weighted by Gasteiger charge is 2.35. The van der Waals surface area contributed by atoms with Gasteiger partial charge in [0.2, 0.25) is 21.8 Å². The molecule has 1 atom stereocenters. The third-order valence-electron chi connectivity index (χ3n) is 6.88. The highest BCUT2D eigenvalue weighted by atomic mass is 32.2. The first-order valence-corrected chi connectivity index (χ1v) is 15.8. The number of carbonyl (C=O) groups is 2. The Bertz CT molecular complexity index is 1450. The SMILES string of the molecule is Cc1ccccc1CN(C(=O)CN(c1ccccc1C(C)C)S(C)(=O)=O)[C@@H](Cc1ccccc1)C(=O)NC(C)(C)C. The number of anilines is 1. The molecule has 1 N–H and O–H groups in total. The Morgan fingerprint density at radius 3 is 2.05 bits per heavy atom. The van der Waals surface area contributed by atoms with Crippen LogP contribution in [-0.2, 0) is 32.6 Å². The highest BCUT2D eigenvalue weighted by Crippen LogP contribution is 2.29. The number of aryl methyl sites for hydroxylation is 1. The Morgan fingerprint density at radius 1 is 0.878 bits per heavy atom. The third-order valence-corrected chi connectivity index (χ3v) is 8.00. The number of benzene rings is 3.